The monoisotopic (exact) mass is 579 g/mol. The predicted octanol–water partition coefficient (Wildman–Crippen LogP) is 5.80. The SMILES string of the molecule is O=C1C2C(c3cc(Cl)cc(Cl)c3Cl)NC(CC3CCCCC3)(C(=O)O)C2C(=O)N1c1cccc([N+](=O)[O-])c1. The molecule has 0 spiro atoms. The van der Waals surface area contributed by atoms with E-state index >= 15 is 0 Å². The summed E-state index contributed by atoms with van der Waals surface area (Å²) in [4.78, 5) is 52.6. The van der Waals surface area contributed by atoms with Crippen LogP contribution in [-0.2, 0) is 14.4 Å². The van der Waals surface area contributed by atoms with Gasteiger partial charge in [-0.25, -0.2) is 4.90 Å². The third-order valence-corrected chi connectivity index (χ3v) is 9.06. The summed E-state index contributed by atoms with van der Waals surface area (Å²) >= 11 is 19.1. The van der Waals surface area contributed by atoms with Gasteiger partial charge in [0.25, 0.3) is 5.69 Å². The minimum Gasteiger partial charge on any atom is -0.480 e. The summed E-state index contributed by atoms with van der Waals surface area (Å²) in [5.74, 6) is -5.01. The topological polar surface area (TPSA) is 130 Å². The summed E-state index contributed by atoms with van der Waals surface area (Å²) < 4.78 is 0. The number of hydrogen-bond donors (Lipinski definition) is 2. The Kier molecular flexibility index (Phi) is 7.15. The van der Waals surface area contributed by atoms with Gasteiger partial charge in [-0.1, -0.05) is 73.0 Å². The van der Waals surface area contributed by atoms with Crippen LogP contribution in [0.15, 0.2) is 36.4 Å². The number of carbonyl (C=O) groups excluding carboxylic acids is 2. The van der Waals surface area contributed by atoms with Crippen LogP contribution in [0.3, 0.4) is 0 Å². The molecular weight excluding hydrogens is 557 g/mol. The van der Waals surface area contributed by atoms with Gasteiger partial charge in [-0.3, -0.25) is 29.8 Å². The van der Waals surface area contributed by atoms with Gasteiger partial charge in [-0.2, -0.15) is 0 Å². The van der Waals surface area contributed by atoms with Crippen LogP contribution in [-0.4, -0.2) is 33.4 Å². The molecule has 0 bridgehead atoms. The number of carboxylic acids is 1. The van der Waals surface area contributed by atoms with Crippen LogP contribution < -0.4 is 10.2 Å². The zero-order valence-corrected chi connectivity index (χ0v) is 22.3. The number of nitro groups is 1. The molecule has 4 atom stereocenters. The lowest BCUT2D eigenvalue weighted by atomic mass is 9.72. The van der Waals surface area contributed by atoms with Crippen molar-refractivity contribution in [2.24, 2.45) is 17.8 Å². The average molecular weight is 581 g/mol. The van der Waals surface area contributed by atoms with Crippen molar-refractivity contribution in [1.82, 2.24) is 5.32 Å². The first-order valence-electron chi connectivity index (χ1n) is 12.3. The van der Waals surface area contributed by atoms with E-state index in [1.54, 1.807) is 0 Å². The molecule has 2 heterocycles. The first-order valence-corrected chi connectivity index (χ1v) is 13.5. The maximum absolute atomic E-state index is 14.0. The Bertz CT molecular complexity index is 1350. The Morgan fingerprint density at radius 1 is 1.11 bits per heavy atom. The van der Waals surface area contributed by atoms with Crippen LogP contribution in [0.5, 0.6) is 0 Å². The molecule has 2 aromatic carbocycles. The van der Waals surface area contributed by atoms with E-state index in [4.69, 9.17) is 34.8 Å². The van der Waals surface area contributed by atoms with Gasteiger partial charge in [0.15, 0.2) is 0 Å². The van der Waals surface area contributed by atoms with E-state index in [1.165, 1.54) is 30.3 Å². The molecule has 2 aromatic rings. The largest absolute Gasteiger partial charge is 0.480 e. The Labute approximate surface area is 233 Å². The van der Waals surface area contributed by atoms with E-state index in [2.05, 4.69) is 5.32 Å². The fraction of sp³-hybridized carbons (Fsp3) is 0.423. The number of fused-ring (bicyclic) bond motifs is 1. The van der Waals surface area contributed by atoms with Crippen molar-refractivity contribution in [1.29, 1.82) is 0 Å². The first kappa shape index (κ1) is 26.9. The highest BCUT2D eigenvalue weighted by Gasteiger charge is 2.69. The van der Waals surface area contributed by atoms with E-state index in [-0.39, 0.29) is 38.8 Å². The fourth-order valence-electron chi connectivity index (χ4n) is 6.39. The third kappa shape index (κ3) is 4.35. The van der Waals surface area contributed by atoms with Gasteiger partial charge in [0.2, 0.25) is 11.8 Å². The van der Waals surface area contributed by atoms with Crippen LogP contribution in [0.4, 0.5) is 11.4 Å². The highest BCUT2D eigenvalue weighted by atomic mass is 35.5. The van der Waals surface area contributed by atoms with E-state index in [9.17, 15) is 29.6 Å². The van der Waals surface area contributed by atoms with Crippen molar-refractivity contribution in [2.75, 3.05) is 4.90 Å². The van der Waals surface area contributed by atoms with Crippen molar-refractivity contribution in [2.45, 2.75) is 50.1 Å². The molecule has 5 rings (SSSR count). The number of imide groups is 1. The molecule has 200 valence electrons. The normalized spacial score (nSPS) is 27.6. The lowest BCUT2D eigenvalue weighted by Gasteiger charge is -2.35. The van der Waals surface area contributed by atoms with E-state index in [1.807, 2.05) is 0 Å². The van der Waals surface area contributed by atoms with Crippen molar-refractivity contribution in [3.8, 4) is 0 Å². The van der Waals surface area contributed by atoms with Crippen molar-refractivity contribution < 1.29 is 24.4 Å². The molecule has 1 saturated carbocycles. The Hall–Kier alpha value is -2.72. The standard InChI is InChI=1S/C26H24Cl3N3O6/c27-14-9-17(21(29)18(28)10-14)22-19-20(26(30-22,25(35)36)12-13-5-2-1-3-6-13)24(34)31(23(19)33)15-7-4-8-16(11-15)32(37)38/h4,7-11,13,19-20,22,30H,1-3,5-6,12H2,(H,35,36). The molecule has 3 aliphatic rings. The molecule has 1 aliphatic carbocycles. The fourth-order valence-corrected chi connectivity index (χ4v) is 7.13. The maximum Gasteiger partial charge on any atom is 0.324 e. The molecule has 12 heteroatoms. The molecule has 3 fully saturated rings. The van der Waals surface area contributed by atoms with Crippen LogP contribution in [0.25, 0.3) is 0 Å². The Morgan fingerprint density at radius 2 is 1.82 bits per heavy atom. The van der Waals surface area contributed by atoms with Crippen LogP contribution in [0.2, 0.25) is 15.1 Å². The zero-order chi connectivity index (χ0) is 27.4. The first-order chi connectivity index (χ1) is 18.0. The highest BCUT2D eigenvalue weighted by molar-refractivity contribution is 6.43. The number of carboxylic acid groups (broad SMARTS) is 1. The van der Waals surface area contributed by atoms with Gasteiger partial charge in [0.1, 0.15) is 5.54 Å². The summed E-state index contributed by atoms with van der Waals surface area (Å²) in [6.45, 7) is 0. The number of amides is 2. The second-order valence-corrected chi connectivity index (χ2v) is 11.4. The minimum absolute atomic E-state index is 0.00882. The Morgan fingerprint density at radius 3 is 2.47 bits per heavy atom. The number of aliphatic carboxylic acids is 1. The number of carbonyl (C=O) groups is 3. The van der Waals surface area contributed by atoms with E-state index < -0.39 is 46.1 Å². The molecule has 2 N–H and O–H groups in total. The number of halogens is 3. The maximum atomic E-state index is 14.0. The molecule has 0 aromatic heterocycles. The van der Waals surface area contributed by atoms with Crippen molar-refractivity contribution >= 4 is 64.0 Å². The Balaban J connectivity index is 1.66. The average Bonchev–Trinajstić information content (AvgIpc) is 3.36. The summed E-state index contributed by atoms with van der Waals surface area (Å²) in [5, 5.41) is 25.6. The number of hydrogen-bond acceptors (Lipinski definition) is 6. The van der Waals surface area contributed by atoms with Gasteiger partial charge in [-0.05, 0) is 36.1 Å². The van der Waals surface area contributed by atoms with Gasteiger partial charge >= 0.3 is 5.97 Å². The number of anilines is 1. The number of nitrogens with one attached hydrogen (secondary N) is 1. The van der Waals surface area contributed by atoms with Crippen LogP contribution in [0.1, 0.15) is 50.1 Å². The molecule has 38 heavy (non-hydrogen) atoms. The zero-order valence-electron chi connectivity index (χ0n) is 20.0. The highest BCUT2D eigenvalue weighted by Crippen LogP contribution is 2.54. The lowest BCUT2D eigenvalue weighted by molar-refractivity contribution is -0.384. The van der Waals surface area contributed by atoms with Gasteiger partial charge in [0, 0.05) is 23.2 Å². The summed E-state index contributed by atoms with van der Waals surface area (Å²) in [6.07, 6.45) is 4.76. The molecular formula is C26H24Cl3N3O6. The number of nitro benzene ring substituents is 1. The lowest BCUT2D eigenvalue weighted by Crippen LogP contribution is -2.57. The molecule has 2 aliphatic heterocycles. The second kappa shape index (κ2) is 10.1. The molecule has 4 unspecified atom stereocenters. The summed E-state index contributed by atoms with van der Waals surface area (Å²) in [6, 6.07) is 7.13. The van der Waals surface area contributed by atoms with Crippen LogP contribution in [0, 0.1) is 27.9 Å². The van der Waals surface area contributed by atoms with Crippen LogP contribution >= 0.6 is 34.8 Å². The number of benzene rings is 2. The van der Waals surface area contributed by atoms with E-state index in [0.717, 1.165) is 43.1 Å². The summed E-state index contributed by atoms with van der Waals surface area (Å²) in [5.41, 5.74) is -1.74. The van der Waals surface area contributed by atoms with Gasteiger partial charge in [0.05, 0.1) is 32.5 Å². The molecule has 2 amide bonds. The molecule has 9 nitrogen and oxygen atoms in total. The number of non-ortho nitro benzene ring substituents is 1. The summed E-state index contributed by atoms with van der Waals surface area (Å²) in [7, 11) is 0. The number of nitrogens with zero attached hydrogens (tertiary/aromatic N) is 2. The minimum atomic E-state index is -1.77. The molecule has 2 saturated heterocycles. The van der Waals surface area contributed by atoms with Crippen molar-refractivity contribution in [3.63, 3.8) is 0 Å². The van der Waals surface area contributed by atoms with Gasteiger partial charge < -0.3 is 5.11 Å². The van der Waals surface area contributed by atoms with Gasteiger partial charge in [-0.15, -0.1) is 0 Å². The third-order valence-electron chi connectivity index (χ3n) is 8.03. The number of rotatable bonds is 6. The molecule has 0 radical (unpaired) electrons. The van der Waals surface area contributed by atoms with Crippen molar-refractivity contribution in [3.05, 3.63) is 67.1 Å². The smallest absolute Gasteiger partial charge is 0.324 e. The quantitative estimate of drug-likeness (QED) is 0.191. The second-order valence-electron chi connectivity index (χ2n) is 10.2. The van der Waals surface area contributed by atoms with E-state index in [0.29, 0.717) is 5.56 Å². The predicted molar refractivity (Wildman–Crippen MR) is 141 cm³/mol.